The number of carbonyl (C=O) groups excluding carboxylic acids is 2. The summed E-state index contributed by atoms with van der Waals surface area (Å²) in [5.74, 6) is 0.957. The Labute approximate surface area is 363 Å². The van der Waals surface area contributed by atoms with Crippen molar-refractivity contribution >= 4 is 53.3 Å². The molecular weight excluding hydrogens is 785 g/mol. The van der Waals surface area contributed by atoms with Crippen molar-refractivity contribution in [3.8, 4) is 0 Å². The van der Waals surface area contributed by atoms with Gasteiger partial charge in [0.2, 0.25) is 0 Å². The second kappa shape index (κ2) is 49.4. The highest BCUT2D eigenvalue weighted by Crippen LogP contribution is 2.22. The van der Waals surface area contributed by atoms with Gasteiger partial charge in [0, 0.05) is 52.0 Å². The topological polar surface area (TPSA) is 89.5 Å². The highest BCUT2D eigenvalue weighted by molar-refractivity contribution is 6.83. The van der Waals surface area contributed by atoms with Crippen LogP contribution in [0.4, 0.5) is 0 Å². The molecule has 56 heavy (non-hydrogen) atoms. The van der Waals surface area contributed by atoms with Crippen molar-refractivity contribution in [2.45, 2.75) is 220 Å². The molecule has 1 saturated carbocycles. The number of esters is 1. The largest absolute Gasteiger partial charge is 0.469 e. The first-order valence-corrected chi connectivity index (χ1v) is 37.9. The summed E-state index contributed by atoms with van der Waals surface area (Å²) in [5, 5.41) is 0. The van der Waals surface area contributed by atoms with E-state index in [2.05, 4.69) is 143 Å². The third-order valence-electron chi connectivity index (χ3n) is 4.39. The molecule has 0 aromatic heterocycles. The van der Waals surface area contributed by atoms with Gasteiger partial charge in [-0.3, -0.25) is 4.79 Å². The fourth-order valence-electron chi connectivity index (χ4n) is 2.31. The molecule has 354 valence electrons. The van der Waals surface area contributed by atoms with Crippen LogP contribution in [0.5, 0.6) is 0 Å². The van der Waals surface area contributed by atoms with Gasteiger partial charge >= 0.3 is 14.5 Å². The van der Waals surface area contributed by atoms with Gasteiger partial charge in [-0.2, -0.15) is 0 Å². The van der Waals surface area contributed by atoms with Gasteiger partial charge in [-0.05, 0) is 97.2 Å². The zero-order chi connectivity index (χ0) is 48.2. The maximum Gasteiger partial charge on any atom is 0.331 e. The third-order valence-corrected chi connectivity index (χ3v) is 12.5. The van der Waals surface area contributed by atoms with E-state index in [9.17, 15) is 9.59 Å². The van der Waals surface area contributed by atoms with Gasteiger partial charge in [-0.15, -0.1) is 0 Å². The van der Waals surface area contributed by atoms with Crippen molar-refractivity contribution in [1.82, 2.24) is 0 Å². The lowest BCUT2D eigenvalue weighted by Gasteiger charge is -2.27. The SMILES string of the molecule is CC.CC(C)(C)C.CC(C)=O.CC1CCCCC1.CCC.COC.COC(C)=O.CO[Si](C)(C)C.CO[Si](C)(C)OC.C[Si](C)(C)C.C[Si](C)(C)O[Si](C)(C)C.[HH]. The van der Waals surface area contributed by atoms with E-state index in [-0.39, 0.29) is 13.2 Å². The Bertz CT molecular complexity index is 703. The molecule has 0 N–H and O–H groups in total. The van der Waals surface area contributed by atoms with E-state index in [1.165, 1.54) is 66.4 Å². The zero-order valence-corrected chi connectivity index (χ0v) is 50.1. The molecule has 0 aromatic carbocycles. The van der Waals surface area contributed by atoms with Crippen LogP contribution in [0.25, 0.3) is 0 Å². The molecule has 1 aliphatic carbocycles. The van der Waals surface area contributed by atoms with Crippen molar-refractivity contribution < 1.29 is 37.9 Å². The van der Waals surface area contributed by atoms with E-state index in [1.54, 1.807) is 35.5 Å². The predicted octanol–water partition coefficient (Wildman–Crippen LogP) is 15.4. The molecule has 13 heteroatoms. The summed E-state index contributed by atoms with van der Waals surface area (Å²) in [5.41, 5.74) is 0.500. The average Bonchev–Trinajstić information content (AvgIpc) is 2.96. The Morgan fingerprint density at radius 2 is 0.750 bits per heavy atom. The summed E-state index contributed by atoms with van der Waals surface area (Å²) >= 11 is 0. The van der Waals surface area contributed by atoms with E-state index in [0.717, 1.165) is 5.92 Å². The van der Waals surface area contributed by atoms with Gasteiger partial charge in [0.25, 0.3) is 0 Å². The minimum Gasteiger partial charge on any atom is -0.469 e. The maximum atomic E-state index is 9.59. The second-order valence-electron chi connectivity index (χ2n) is 19.9. The van der Waals surface area contributed by atoms with Crippen molar-refractivity contribution in [2.75, 3.05) is 42.7 Å². The maximum absolute atomic E-state index is 9.59. The number of hydrogen-bond acceptors (Lipinski definition) is 8. The predicted molar refractivity (Wildman–Crippen MR) is 273 cm³/mol. The number of methoxy groups -OCH3 is 2. The first-order valence-electron chi connectivity index (χ1n) is 20.9. The molecule has 1 aliphatic rings. The Kier molecular flexibility index (Phi) is 70.6. The van der Waals surface area contributed by atoms with Gasteiger partial charge in [0.15, 0.2) is 25.0 Å². The minimum atomic E-state index is -1.65. The van der Waals surface area contributed by atoms with Crippen LogP contribution in [0.2, 0.25) is 98.2 Å². The van der Waals surface area contributed by atoms with Crippen LogP contribution in [0, 0.1) is 11.3 Å². The molecule has 8 nitrogen and oxygen atoms in total. The Morgan fingerprint density at radius 3 is 0.786 bits per heavy atom. The van der Waals surface area contributed by atoms with Gasteiger partial charge in [-0.25, -0.2) is 0 Å². The van der Waals surface area contributed by atoms with Crippen molar-refractivity contribution in [3.63, 3.8) is 0 Å². The summed E-state index contributed by atoms with van der Waals surface area (Å²) < 4.78 is 29.3. The molecule has 0 aliphatic heterocycles. The second-order valence-corrected chi connectivity index (χ2v) is 43.4. The molecule has 0 aromatic rings. The molecule has 0 bridgehead atoms. The van der Waals surface area contributed by atoms with Crippen LogP contribution < -0.4 is 0 Å². The number of hydrogen-bond donors (Lipinski definition) is 0. The van der Waals surface area contributed by atoms with Crippen molar-refractivity contribution in [1.29, 1.82) is 0 Å². The number of ether oxygens (including phenoxy) is 2. The van der Waals surface area contributed by atoms with Crippen LogP contribution in [0.15, 0.2) is 0 Å². The molecular formula is C43H114O8Si5. The molecule has 0 amide bonds. The molecule has 0 atom stereocenters. The zero-order valence-electron chi connectivity index (χ0n) is 45.1. The van der Waals surface area contributed by atoms with E-state index >= 15 is 0 Å². The van der Waals surface area contributed by atoms with Gasteiger partial charge in [-0.1, -0.05) is 127 Å². The lowest BCUT2D eigenvalue weighted by atomic mass is 9.91. The normalized spacial score (nSPS) is 12.2. The van der Waals surface area contributed by atoms with E-state index in [1.807, 2.05) is 26.9 Å². The smallest absolute Gasteiger partial charge is 0.331 e. The number of rotatable bonds is 5. The Hall–Kier alpha value is 0.0244. The number of Topliss-reactive ketones (excluding diaryl/α,β-unsaturated/α-hetero) is 1. The Balaban J connectivity index is -0.0000000462. The summed E-state index contributed by atoms with van der Waals surface area (Å²) in [6.07, 6.45) is 8.69. The van der Waals surface area contributed by atoms with Crippen molar-refractivity contribution in [2.24, 2.45) is 11.3 Å². The quantitative estimate of drug-likeness (QED) is 0.199. The van der Waals surface area contributed by atoms with Crippen LogP contribution in [-0.2, 0) is 36.5 Å². The standard InChI is InChI=1S/C7H14.C6H18OSi2.C5H12.C4H12O2Si.C4H12OSi.C4H12Si.C3H6O2.C3H6O.C3H8.C2H6O.C2H6.H2/c1-7-5-3-2-4-6-7;1-8(2,3)7-9(4,5)6;1-5(2,3)4;1-5-7(3,4)6-2;1-5-6(2,3)4;1-5(2,3)4;1-3(4)5-2;1-3(2)4;2*1-3-2;1-2;/h7H,2-6H2,1H3;1-6H3;1-4H3;1-4H3;1-4H3;1-4H3;1-2H3;1-2H3;3H2,1-2H3;1-2H3;1-2H3;1H. The molecule has 0 unspecified atom stereocenters. The summed E-state index contributed by atoms with van der Waals surface area (Å²) in [7, 11) is 3.87. The van der Waals surface area contributed by atoms with Gasteiger partial charge in [0.1, 0.15) is 5.78 Å². The van der Waals surface area contributed by atoms with Crippen LogP contribution in [-0.4, -0.2) is 96.0 Å². The lowest BCUT2D eigenvalue weighted by Crippen LogP contribution is -2.39. The van der Waals surface area contributed by atoms with Crippen molar-refractivity contribution in [3.05, 3.63) is 0 Å². The number of carbonyl (C=O) groups is 2. The average molecular weight is 900 g/mol. The first-order chi connectivity index (χ1) is 24.6. The van der Waals surface area contributed by atoms with Gasteiger partial charge in [0.05, 0.1) is 7.11 Å². The van der Waals surface area contributed by atoms with E-state index < -0.39 is 41.6 Å². The fraction of sp³-hybridized carbons (Fsp3) is 0.953. The van der Waals surface area contributed by atoms with Gasteiger partial charge < -0.3 is 31.7 Å². The molecule has 0 saturated heterocycles. The highest BCUT2D eigenvalue weighted by atomic mass is 28.4. The van der Waals surface area contributed by atoms with Crippen LogP contribution in [0.1, 0.15) is 123 Å². The lowest BCUT2D eigenvalue weighted by molar-refractivity contribution is -0.138. The van der Waals surface area contributed by atoms with E-state index in [0.29, 0.717) is 5.41 Å². The van der Waals surface area contributed by atoms with E-state index in [4.69, 9.17) is 17.4 Å². The highest BCUT2D eigenvalue weighted by Gasteiger charge is 2.24. The first kappa shape index (κ1) is 80.1. The fourth-order valence-corrected chi connectivity index (χ4v) is 9.82. The molecule has 0 radical (unpaired) electrons. The molecule has 1 fully saturated rings. The molecule has 0 spiro atoms. The third kappa shape index (κ3) is 243. The monoisotopic (exact) mass is 899 g/mol. The Morgan fingerprint density at radius 1 is 0.571 bits per heavy atom. The molecule has 0 heterocycles. The summed E-state index contributed by atoms with van der Waals surface area (Å²) in [4.78, 5) is 19.0. The van der Waals surface area contributed by atoms with Crippen LogP contribution in [0.3, 0.4) is 0 Å². The number of ketones is 1. The summed E-state index contributed by atoms with van der Waals surface area (Å²) in [6, 6.07) is 0. The minimum absolute atomic E-state index is 0. The van der Waals surface area contributed by atoms with Crippen LogP contribution >= 0.6 is 0 Å². The summed E-state index contributed by atoms with van der Waals surface area (Å²) in [6.45, 7) is 57.0. The molecule has 1 rings (SSSR count).